The molecule has 4 rings (SSSR count). The maximum absolute atomic E-state index is 14.4. The Bertz CT molecular complexity index is 1360. The van der Waals surface area contributed by atoms with E-state index >= 15 is 0 Å². The second kappa shape index (κ2) is 9.89. The van der Waals surface area contributed by atoms with Gasteiger partial charge >= 0.3 is 0 Å². The van der Waals surface area contributed by atoms with Crippen LogP contribution >= 0.6 is 23.2 Å². The Hall–Kier alpha value is -4.07. The van der Waals surface area contributed by atoms with E-state index in [1.54, 1.807) is 36.4 Å². The first-order chi connectivity index (χ1) is 17.1. The number of ketones is 1. The van der Waals surface area contributed by atoms with Crippen molar-refractivity contribution in [2.45, 2.75) is 11.8 Å². The maximum atomic E-state index is 14.4. The van der Waals surface area contributed by atoms with E-state index in [9.17, 15) is 35.4 Å². The summed E-state index contributed by atoms with van der Waals surface area (Å²) in [6.07, 6.45) is 0. The zero-order chi connectivity index (χ0) is 26.1. The third kappa shape index (κ3) is 4.84. The van der Waals surface area contributed by atoms with Gasteiger partial charge in [-0.05, 0) is 47.5 Å². The number of carbonyl (C=O) groups excluding carboxylic acids is 1. The standard InChI is InChI=1S/C27H20Cl2O7/c28-15-5-1-3-13(7-15)25(17-9-21(32)23(34)11-19(17)30)27(36)26(14-4-2-6-16(29)8-14)18-10-22(33)24(35)12-20(18)31/h1-12,25-26,30-35H. The summed E-state index contributed by atoms with van der Waals surface area (Å²) in [7, 11) is 0. The zero-order valence-corrected chi connectivity index (χ0v) is 19.9. The van der Waals surface area contributed by atoms with Crippen LogP contribution in [-0.4, -0.2) is 36.4 Å². The maximum Gasteiger partial charge on any atom is 0.161 e. The number of halogens is 2. The van der Waals surface area contributed by atoms with Crippen molar-refractivity contribution >= 4 is 29.0 Å². The molecule has 2 unspecified atom stereocenters. The van der Waals surface area contributed by atoms with E-state index in [1.807, 2.05) is 0 Å². The molecule has 0 spiro atoms. The SMILES string of the molecule is O=C(C(c1cccc(Cl)c1)c1cc(O)c(O)cc1O)C(c1cccc(Cl)c1)c1cc(O)c(O)cc1O. The zero-order valence-electron chi connectivity index (χ0n) is 18.4. The highest BCUT2D eigenvalue weighted by Crippen LogP contribution is 2.46. The van der Waals surface area contributed by atoms with Crippen molar-refractivity contribution in [1.29, 1.82) is 0 Å². The van der Waals surface area contributed by atoms with Crippen molar-refractivity contribution < 1.29 is 35.4 Å². The fourth-order valence-corrected chi connectivity index (χ4v) is 4.56. The first-order valence-electron chi connectivity index (χ1n) is 10.6. The van der Waals surface area contributed by atoms with E-state index < -0.39 is 52.1 Å². The largest absolute Gasteiger partial charge is 0.507 e. The van der Waals surface area contributed by atoms with Crippen LogP contribution in [0.5, 0.6) is 34.5 Å². The Morgan fingerprint density at radius 3 is 1.25 bits per heavy atom. The molecule has 0 saturated heterocycles. The molecule has 6 N–H and O–H groups in total. The van der Waals surface area contributed by atoms with E-state index in [0.717, 1.165) is 24.3 Å². The highest BCUT2D eigenvalue weighted by Gasteiger charge is 2.36. The summed E-state index contributed by atoms with van der Waals surface area (Å²) in [5, 5.41) is 61.9. The Morgan fingerprint density at radius 1 is 0.528 bits per heavy atom. The van der Waals surface area contributed by atoms with Gasteiger partial charge in [0.2, 0.25) is 0 Å². The molecule has 4 aromatic carbocycles. The first kappa shape index (κ1) is 25.0. The smallest absolute Gasteiger partial charge is 0.161 e. The monoisotopic (exact) mass is 526 g/mol. The summed E-state index contributed by atoms with van der Waals surface area (Å²) in [4.78, 5) is 14.4. The molecule has 0 aliphatic rings. The molecule has 0 heterocycles. The third-order valence-corrected chi connectivity index (χ3v) is 6.27. The van der Waals surface area contributed by atoms with Gasteiger partial charge in [-0.25, -0.2) is 0 Å². The minimum absolute atomic E-state index is 0.0351. The Kier molecular flexibility index (Phi) is 6.88. The van der Waals surface area contributed by atoms with Crippen LogP contribution in [0.15, 0.2) is 72.8 Å². The molecule has 0 fully saturated rings. The van der Waals surface area contributed by atoms with Crippen molar-refractivity contribution in [2.75, 3.05) is 0 Å². The Labute approximate surface area is 215 Å². The van der Waals surface area contributed by atoms with Crippen LogP contribution in [0.2, 0.25) is 10.0 Å². The van der Waals surface area contributed by atoms with Crippen molar-refractivity contribution in [3.05, 3.63) is 105 Å². The molecule has 2 atom stereocenters. The summed E-state index contributed by atoms with van der Waals surface area (Å²) < 4.78 is 0. The number of rotatable bonds is 6. The number of Topliss-reactive ketones (excluding diaryl/α,β-unsaturated/α-hetero) is 1. The molecule has 4 aromatic rings. The molecule has 36 heavy (non-hydrogen) atoms. The van der Waals surface area contributed by atoms with Crippen LogP contribution in [0.1, 0.15) is 34.1 Å². The van der Waals surface area contributed by atoms with Gasteiger partial charge in [-0.15, -0.1) is 0 Å². The Balaban J connectivity index is 2.01. The molecule has 9 heteroatoms. The van der Waals surface area contributed by atoms with E-state index in [-0.39, 0.29) is 11.1 Å². The number of hydrogen-bond donors (Lipinski definition) is 6. The van der Waals surface area contributed by atoms with Crippen LogP contribution in [0.4, 0.5) is 0 Å². The van der Waals surface area contributed by atoms with Gasteiger partial charge < -0.3 is 30.6 Å². The molecule has 0 bridgehead atoms. The normalized spacial score (nSPS) is 12.7. The highest BCUT2D eigenvalue weighted by atomic mass is 35.5. The molecule has 184 valence electrons. The quantitative estimate of drug-likeness (QED) is 0.139. The average Bonchev–Trinajstić information content (AvgIpc) is 2.81. The van der Waals surface area contributed by atoms with Gasteiger partial charge in [-0.1, -0.05) is 47.5 Å². The summed E-state index contributed by atoms with van der Waals surface area (Å²) in [5.74, 6) is -6.33. The second-order valence-electron chi connectivity index (χ2n) is 8.18. The van der Waals surface area contributed by atoms with Gasteiger partial charge in [0.15, 0.2) is 28.8 Å². The predicted octanol–water partition coefficient (Wildman–Crippen LogP) is 5.76. The lowest BCUT2D eigenvalue weighted by atomic mass is 9.76. The predicted molar refractivity (Wildman–Crippen MR) is 134 cm³/mol. The van der Waals surface area contributed by atoms with Crippen LogP contribution in [0.25, 0.3) is 0 Å². The summed E-state index contributed by atoms with van der Waals surface area (Å²) in [6, 6.07) is 16.6. The van der Waals surface area contributed by atoms with Gasteiger partial charge in [0.1, 0.15) is 11.5 Å². The number of hydrogen-bond acceptors (Lipinski definition) is 7. The lowest BCUT2D eigenvalue weighted by molar-refractivity contribution is -0.120. The van der Waals surface area contributed by atoms with Gasteiger partial charge in [0.05, 0.1) is 11.8 Å². The van der Waals surface area contributed by atoms with Gasteiger partial charge in [-0.3, -0.25) is 4.79 Å². The van der Waals surface area contributed by atoms with Crippen molar-refractivity contribution in [1.82, 2.24) is 0 Å². The Morgan fingerprint density at radius 2 is 0.889 bits per heavy atom. The molecule has 7 nitrogen and oxygen atoms in total. The first-order valence-corrected chi connectivity index (χ1v) is 11.4. The van der Waals surface area contributed by atoms with E-state index in [2.05, 4.69) is 0 Å². The molecule has 0 aliphatic heterocycles. The fraction of sp³-hybridized carbons (Fsp3) is 0.0741. The summed E-state index contributed by atoms with van der Waals surface area (Å²) >= 11 is 12.4. The van der Waals surface area contributed by atoms with E-state index in [0.29, 0.717) is 21.2 Å². The molecule has 0 aliphatic carbocycles. The van der Waals surface area contributed by atoms with Gasteiger partial charge in [0, 0.05) is 33.3 Å². The minimum atomic E-state index is -1.26. The highest BCUT2D eigenvalue weighted by molar-refractivity contribution is 6.31. The number of aromatic hydroxyl groups is 6. The minimum Gasteiger partial charge on any atom is -0.507 e. The molecule has 0 aromatic heterocycles. The number of carbonyl (C=O) groups is 1. The van der Waals surface area contributed by atoms with Gasteiger partial charge in [0.25, 0.3) is 0 Å². The molecule has 0 amide bonds. The lowest BCUT2D eigenvalue weighted by Crippen LogP contribution is -2.23. The van der Waals surface area contributed by atoms with E-state index in [1.165, 1.54) is 12.1 Å². The lowest BCUT2D eigenvalue weighted by Gasteiger charge is -2.26. The second-order valence-corrected chi connectivity index (χ2v) is 9.05. The molecule has 0 saturated carbocycles. The number of phenolic OH excluding ortho intramolecular Hbond substituents is 6. The average molecular weight is 527 g/mol. The van der Waals surface area contributed by atoms with Crippen LogP contribution in [-0.2, 0) is 4.79 Å². The topological polar surface area (TPSA) is 138 Å². The van der Waals surface area contributed by atoms with Gasteiger partial charge in [-0.2, -0.15) is 0 Å². The van der Waals surface area contributed by atoms with Crippen molar-refractivity contribution in [3.63, 3.8) is 0 Å². The van der Waals surface area contributed by atoms with Crippen molar-refractivity contribution in [2.24, 2.45) is 0 Å². The summed E-state index contributed by atoms with van der Waals surface area (Å²) in [5.41, 5.74) is 0.629. The van der Waals surface area contributed by atoms with Crippen LogP contribution in [0.3, 0.4) is 0 Å². The number of benzene rings is 4. The van der Waals surface area contributed by atoms with E-state index in [4.69, 9.17) is 23.2 Å². The molecular formula is C27H20Cl2O7. The fourth-order valence-electron chi connectivity index (χ4n) is 4.16. The van der Waals surface area contributed by atoms with Crippen molar-refractivity contribution in [3.8, 4) is 34.5 Å². The third-order valence-electron chi connectivity index (χ3n) is 5.80. The summed E-state index contributed by atoms with van der Waals surface area (Å²) in [6.45, 7) is 0. The number of phenols is 6. The molecule has 0 radical (unpaired) electrons. The van der Waals surface area contributed by atoms with Crippen LogP contribution < -0.4 is 0 Å². The molecular weight excluding hydrogens is 507 g/mol. The van der Waals surface area contributed by atoms with Crippen LogP contribution in [0, 0.1) is 0 Å².